The number of hydrogen-bond donors (Lipinski definition) is 4. The zero-order valence-electron chi connectivity index (χ0n) is 8.32. The van der Waals surface area contributed by atoms with Crippen molar-refractivity contribution in [3.63, 3.8) is 0 Å². The van der Waals surface area contributed by atoms with Crippen molar-refractivity contribution in [2.45, 2.75) is 19.3 Å². The smallest absolute Gasteiger partial charge is 0.151 e. The molecule has 0 spiro atoms. The van der Waals surface area contributed by atoms with Crippen LogP contribution in [0, 0.1) is 10.8 Å². The van der Waals surface area contributed by atoms with Crippen LogP contribution in [-0.4, -0.2) is 21.8 Å². The maximum Gasteiger partial charge on any atom is 0.151 e. The second-order valence-electron chi connectivity index (χ2n) is 2.49. The van der Waals surface area contributed by atoms with Gasteiger partial charge in [0.1, 0.15) is 0 Å². The van der Waals surface area contributed by atoms with Gasteiger partial charge < -0.3 is 11.5 Å². The summed E-state index contributed by atoms with van der Waals surface area (Å²) in [6, 6.07) is 0. The van der Waals surface area contributed by atoms with Gasteiger partial charge in [-0.2, -0.15) is 0 Å². The molecule has 0 radical (unpaired) electrons. The monoisotopic (exact) mass is 380 g/mol. The van der Waals surface area contributed by atoms with Gasteiger partial charge in [-0.1, -0.05) is 29.9 Å². The van der Waals surface area contributed by atoms with E-state index in [4.69, 9.17) is 22.3 Å². The fraction of sp³-hybridized carbons (Fsp3) is 0.714. The van der Waals surface area contributed by atoms with E-state index in [1.807, 2.05) is 0 Å². The molecule has 0 aromatic rings. The lowest BCUT2D eigenvalue weighted by molar-refractivity contribution is 0.787. The quantitative estimate of drug-likeness (QED) is 0.322. The fourth-order valence-corrected chi connectivity index (χ4v) is 1.88. The number of unbranched alkanes of at least 4 members (excludes halogenated alkanes) is 2. The minimum absolute atomic E-state index is 0. The summed E-state index contributed by atoms with van der Waals surface area (Å²) in [4.78, 5) is 0. The standard InChI is InChI=1S/C7H16N4S2.2BrH/c8-6(9)12-4-2-1-3-5-13-7(10)11;;/h1-5H2,(H3,8,9)(H3,10,11);2*1H. The van der Waals surface area contributed by atoms with Crippen molar-refractivity contribution in [1.82, 2.24) is 0 Å². The lowest BCUT2D eigenvalue weighted by Crippen LogP contribution is -2.05. The van der Waals surface area contributed by atoms with Crippen molar-refractivity contribution in [1.29, 1.82) is 10.8 Å². The van der Waals surface area contributed by atoms with Gasteiger partial charge in [-0.05, 0) is 12.8 Å². The Morgan fingerprint density at radius 3 is 1.40 bits per heavy atom. The number of hydrogen-bond acceptors (Lipinski definition) is 4. The molecule has 92 valence electrons. The van der Waals surface area contributed by atoms with E-state index >= 15 is 0 Å². The van der Waals surface area contributed by atoms with Crippen LogP contribution in [0.2, 0.25) is 0 Å². The van der Waals surface area contributed by atoms with Gasteiger partial charge in [0.05, 0.1) is 0 Å². The summed E-state index contributed by atoms with van der Waals surface area (Å²) in [7, 11) is 0. The molecular formula is C7H18Br2N4S2. The minimum atomic E-state index is 0. The van der Waals surface area contributed by atoms with Crippen LogP contribution in [0.1, 0.15) is 19.3 Å². The van der Waals surface area contributed by atoms with Crippen molar-refractivity contribution in [3.8, 4) is 0 Å². The highest BCUT2D eigenvalue weighted by molar-refractivity contribution is 8.93. The molecule has 0 aromatic heterocycles. The summed E-state index contributed by atoms with van der Waals surface area (Å²) in [6.45, 7) is 0. The number of rotatable bonds is 6. The van der Waals surface area contributed by atoms with E-state index in [2.05, 4.69) is 0 Å². The number of nitrogens with two attached hydrogens (primary N) is 2. The molecule has 0 aliphatic carbocycles. The van der Waals surface area contributed by atoms with Crippen molar-refractivity contribution < 1.29 is 0 Å². The Morgan fingerprint density at radius 2 is 1.13 bits per heavy atom. The second kappa shape index (κ2) is 14.6. The molecule has 0 unspecified atom stereocenters. The summed E-state index contributed by atoms with van der Waals surface area (Å²) in [5, 5.41) is 14.3. The topological polar surface area (TPSA) is 99.7 Å². The van der Waals surface area contributed by atoms with Gasteiger partial charge in [0.2, 0.25) is 0 Å². The Morgan fingerprint density at radius 1 is 0.800 bits per heavy atom. The Bertz CT molecular complexity index is 162. The third-order valence-electron chi connectivity index (χ3n) is 1.30. The molecule has 15 heavy (non-hydrogen) atoms. The minimum Gasteiger partial charge on any atom is -0.379 e. The van der Waals surface area contributed by atoms with Crippen LogP contribution in [0.15, 0.2) is 0 Å². The SMILES string of the molecule is Br.Br.N=C(N)SCCCCCSC(=N)N. The van der Waals surface area contributed by atoms with E-state index in [0.717, 1.165) is 30.8 Å². The third kappa shape index (κ3) is 20.6. The number of amidine groups is 2. The summed E-state index contributed by atoms with van der Waals surface area (Å²) >= 11 is 2.77. The zero-order chi connectivity index (χ0) is 10.1. The van der Waals surface area contributed by atoms with Crippen LogP contribution in [-0.2, 0) is 0 Å². The summed E-state index contributed by atoms with van der Waals surface area (Å²) < 4.78 is 0. The zero-order valence-corrected chi connectivity index (χ0v) is 13.4. The average molecular weight is 382 g/mol. The van der Waals surface area contributed by atoms with Gasteiger partial charge >= 0.3 is 0 Å². The van der Waals surface area contributed by atoms with Gasteiger partial charge in [-0.15, -0.1) is 34.0 Å². The van der Waals surface area contributed by atoms with Crippen LogP contribution in [0.25, 0.3) is 0 Å². The van der Waals surface area contributed by atoms with Gasteiger partial charge in [0.15, 0.2) is 10.3 Å². The fourth-order valence-electron chi connectivity index (χ4n) is 0.745. The first-order valence-electron chi connectivity index (χ1n) is 4.06. The molecule has 0 saturated carbocycles. The van der Waals surface area contributed by atoms with E-state index in [-0.39, 0.29) is 44.3 Å². The highest BCUT2D eigenvalue weighted by Crippen LogP contribution is 2.08. The third-order valence-corrected chi connectivity index (χ3v) is 2.91. The number of halogens is 2. The Labute approximate surface area is 120 Å². The van der Waals surface area contributed by atoms with Crippen LogP contribution >= 0.6 is 57.5 Å². The highest BCUT2D eigenvalue weighted by Gasteiger charge is 1.94. The summed E-state index contributed by atoms with van der Waals surface area (Å²) in [5.41, 5.74) is 10.3. The molecule has 8 heteroatoms. The first kappa shape index (κ1) is 20.9. The van der Waals surface area contributed by atoms with E-state index < -0.39 is 0 Å². The predicted octanol–water partition coefficient (Wildman–Crippen LogP) is 2.57. The van der Waals surface area contributed by atoms with E-state index in [1.54, 1.807) is 0 Å². The molecule has 4 nitrogen and oxygen atoms in total. The van der Waals surface area contributed by atoms with Crippen LogP contribution in [0.4, 0.5) is 0 Å². The lowest BCUT2D eigenvalue weighted by Gasteiger charge is -1.99. The van der Waals surface area contributed by atoms with Crippen LogP contribution in [0.5, 0.6) is 0 Å². The second-order valence-corrected chi connectivity index (χ2v) is 4.76. The van der Waals surface area contributed by atoms with Crippen molar-refractivity contribution in [2.24, 2.45) is 11.5 Å². The van der Waals surface area contributed by atoms with Crippen molar-refractivity contribution in [2.75, 3.05) is 11.5 Å². The van der Waals surface area contributed by atoms with E-state index in [1.165, 1.54) is 23.5 Å². The van der Waals surface area contributed by atoms with Gasteiger partial charge in [-0.3, -0.25) is 10.8 Å². The molecule has 0 aromatic carbocycles. The van der Waals surface area contributed by atoms with E-state index in [0.29, 0.717) is 0 Å². The number of thioether (sulfide) groups is 2. The molecule has 0 bridgehead atoms. The van der Waals surface area contributed by atoms with Gasteiger partial charge in [-0.25, -0.2) is 0 Å². The first-order chi connectivity index (χ1) is 6.13. The van der Waals surface area contributed by atoms with Crippen molar-refractivity contribution >= 4 is 67.8 Å². The lowest BCUT2D eigenvalue weighted by atomic mass is 10.3. The Balaban J connectivity index is -0.000000720. The predicted molar refractivity (Wildman–Crippen MR) is 83.2 cm³/mol. The Kier molecular flexibility index (Phi) is 20.4. The van der Waals surface area contributed by atoms with Crippen LogP contribution < -0.4 is 11.5 Å². The maximum atomic E-state index is 6.96. The molecule has 0 rings (SSSR count). The molecule has 0 amide bonds. The van der Waals surface area contributed by atoms with Crippen molar-refractivity contribution in [3.05, 3.63) is 0 Å². The normalized spacial score (nSPS) is 8.53. The van der Waals surface area contributed by atoms with Gasteiger partial charge in [0.25, 0.3) is 0 Å². The molecule has 0 aliphatic heterocycles. The summed E-state index contributed by atoms with van der Waals surface area (Å²) in [6.07, 6.45) is 3.26. The molecule has 6 N–H and O–H groups in total. The highest BCUT2D eigenvalue weighted by atomic mass is 79.9. The first-order valence-corrected chi connectivity index (χ1v) is 6.03. The largest absolute Gasteiger partial charge is 0.379 e. The van der Waals surface area contributed by atoms with Gasteiger partial charge in [0, 0.05) is 11.5 Å². The molecular weight excluding hydrogens is 364 g/mol. The molecule has 0 aliphatic rings. The number of nitrogens with one attached hydrogen (secondary N) is 2. The molecule has 0 fully saturated rings. The molecule has 0 heterocycles. The molecule has 0 saturated heterocycles. The Hall–Kier alpha value is 0.600. The van der Waals surface area contributed by atoms with Crippen LogP contribution in [0.3, 0.4) is 0 Å². The molecule has 0 atom stereocenters. The maximum absolute atomic E-state index is 6.96. The summed E-state index contributed by atoms with van der Waals surface area (Å²) in [5.74, 6) is 1.83. The van der Waals surface area contributed by atoms with E-state index in [9.17, 15) is 0 Å². The average Bonchev–Trinajstić information content (AvgIpc) is 2.01.